The number of ketones is 1. The van der Waals surface area contributed by atoms with Gasteiger partial charge in [0.25, 0.3) is 0 Å². The molecule has 0 saturated carbocycles. The molecule has 27 heavy (non-hydrogen) atoms. The van der Waals surface area contributed by atoms with Crippen LogP contribution in [0.25, 0.3) is 0 Å². The van der Waals surface area contributed by atoms with Gasteiger partial charge >= 0.3 is 0 Å². The van der Waals surface area contributed by atoms with Crippen molar-refractivity contribution in [2.75, 3.05) is 18.1 Å². The van der Waals surface area contributed by atoms with E-state index >= 15 is 0 Å². The zero-order valence-corrected chi connectivity index (χ0v) is 14.7. The molecule has 1 aliphatic carbocycles. The number of fused-ring (bicyclic) bond motifs is 1. The number of nitrogens with one attached hydrogen (secondary N) is 2. The molecule has 2 aliphatic heterocycles. The van der Waals surface area contributed by atoms with Crippen LogP contribution in [0, 0.1) is 11.3 Å². The van der Waals surface area contributed by atoms with E-state index in [-0.39, 0.29) is 35.5 Å². The lowest BCUT2D eigenvalue weighted by atomic mass is 9.95. The van der Waals surface area contributed by atoms with Crippen molar-refractivity contribution >= 4 is 28.9 Å². The molecule has 2 N–H and O–H groups in total. The first-order chi connectivity index (χ1) is 13.1. The minimum absolute atomic E-state index is 0.000541. The minimum Gasteiger partial charge on any atom is -0.492 e. The van der Waals surface area contributed by atoms with E-state index in [1.54, 1.807) is 41.3 Å². The van der Waals surface area contributed by atoms with Crippen LogP contribution >= 0.6 is 0 Å². The predicted octanol–water partition coefficient (Wildman–Crippen LogP) is 1.98. The second-order valence-corrected chi connectivity index (χ2v) is 6.23. The standard InChI is InChI=1S/C20H18N4O3/c1-2-27-16-10-6-5-9-14(16)24-11-15(25)17(18(24)21)19-22-13-8-4-3-7-12(13)20(26)23-19/h3-10,12,21H,2,11H2,1H3,(H,23,26)/b19-17-,21-18?. The Kier molecular flexibility index (Phi) is 4.19. The van der Waals surface area contributed by atoms with E-state index in [4.69, 9.17) is 10.1 Å². The average molecular weight is 362 g/mol. The number of amidine groups is 1. The first-order valence-electron chi connectivity index (χ1n) is 8.70. The molecular formula is C20H18N4O3. The summed E-state index contributed by atoms with van der Waals surface area (Å²) < 4.78 is 5.62. The van der Waals surface area contributed by atoms with Gasteiger partial charge in [-0.05, 0) is 25.1 Å². The van der Waals surface area contributed by atoms with Crippen molar-refractivity contribution in [2.24, 2.45) is 10.9 Å². The number of rotatable bonds is 3. The van der Waals surface area contributed by atoms with Crippen LogP contribution < -0.4 is 15.0 Å². The molecule has 0 spiro atoms. The van der Waals surface area contributed by atoms with Crippen molar-refractivity contribution in [1.82, 2.24) is 5.32 Å². The summed E-state index contributed by atoms with van der Waals surface area (Å²) in [6.45, 7) is 2.35. The van der Waals surface area contributed by atoms with Gasteiger partial charge in [-0.25, -0.2) is 4.99 Å². The van der Waals surface area contributed by atoms with Gasteiger partial charge in [0.15, 0.2) is 5.78 Å². The number of nitrogens with zero attached hydrogens (tertiary/aromatic N) is 2. The van der Waals surface area contributed by atoms with Crippen LogP contribution in [0.4, 0.5) is 5.69 Å². The fraction of sp³-hybridized carbons (Fsp3) is 0.200. The average Bonchev–Trinajstić information content (AvgIpc) is 2.96. The number of carbonyl (C=O) groups excluding carboxylic acids is 2. The zero-order chi connectivity index (χ0) is 19.0. The molecule has 0 bridgehead atoms. The Morgan fingerprint density at radius 3 is 2.93 bits per heavy atom. The SMILES string of the molecule is CCOc1ccccc1N1CC(=O)/C(=C2\N=C3C=CC=CC3C(=O)N2)C1=N. The molecule has 1 amide bonds. The van der Waals surface area contributed by atoms with Crippen LogP contribution in [0.5, 0.6) is 5.75 Å². The normalized spacial score (nSPS) is 24.0. The summed E-state index contributed by atoms with van der Waals surface area (Å²) >= 11 is 0. The molecule has 1 saturated heterocycles. The maximum Gasteiger partial charge on any atom is 0.238 e. The van der Waals surface area contributed by atoms with Gasteiger partial charge in [0, 0.05) is 0 Å². The first-order valence-corrected chi connectivity index (χ1v) is 8.70. The number of aliphatic imine (C=N–C) groups is 1. The van der Waals surface area contributed by atoms with Gasteiger partial charge in [-0.2, -0.15) is 0 Å². The van der Waals surface area contributed by atoms with Gasteiger partial charge in [-0.1, -0.05) is 30.4 Å². The van der Waals surface area contributed by atoms with Gasteiger partial charge in [0.2, 0.25) is 5.91 Å². The molecule has 7 nitrogen and oxygen atoms in total. The van der Waals surface area contributed by atoms with Gasteiger partial charge < -0.3 is 15.0 Å². The summed E-state index contributed by atoms with van der Waals surface area (Å²) in [6.07, 6.45) is 7.08. The molecule has 3 aliphatic rings. The fourth-order valence-corrected chi connectivity index (χ4v) is 3.31. The first kappa shape index (κ1) is 17.0. The Morgan fingerprint density at radius 2 is 2.11 bits per heavy atom. The number of hydrogen-bond acceptors (Lipinski definition) is 5. The number of benzene rings is 1. The second-order valence-electron chi connectivity index (χ2n) is 6.23. The van der Waals surface area contributed by atoms with Crippen molar-refractivity contribution in [3.8, 4) is 5.75 Å². The molecule has 4 rings (SSSR count). The molecule has 1 unspecified atom stereocenters. The lowest BCUT2D eigenvalue weighted by Gasteiger charge is -2.23. The van der Waals surface area contributed by atoms with Gasteiger partial charge in [0.05, 0.1) is 30.5 Å². The molecule has 1 atom stereocenters. The highest BCUT2D eigenvalue weighted by Gasteiger charge is 2.38. The molecule has 1 aromatic rings. The third-order valence-electron chi connectivity index (χ3n) is 4.55. The monoisotopic (exact) mass is 362 g/mol. The van der Waals surface area contributed by atoms with Crippen LogP contribution in [0.1, 0.15) is 6.92 Å². The van der Waals surface area contributed by atoms with Crippen molar-refractivity contribution in [3.05, 3.63) is 60.0 Å². The van der Waals surface area contributed by atoms with Crippen LogP contribution in [0.15, 0.2) is 65.0 Å². The Bertz CT molecular complexity index is 971. The quantitative estimate of drug-likeness (QED) is 0.804. The molecule has 0 aromatic heterocycles. The van der Waals surface area contributed by atoms with Gasteiger partial charge in [-0.15, -0.1) is 0 Å². The van der Waals surface area contributed by atoms with E-state index in [0.29, 0.717) is 23.8 Å². The lowest BCUT2D eigenvalue weighted by Crippen LogP contribution is -2.39. The van der Waals surface area contributed by atoms with E-state index in [1.807, 2.05) is 19.1 Å². The highest BCUT2D eigenvalue weighted by Crippen LogP contribution is 2.33. The van der Waals surface area contributed by atoms with Gasteiger partial charge in [-0.3, -0.25) is 15.0 Å². The van der Waals surface area contributed by atoms with Crippen molar-refractivity contribution in [3.63, 3.8) is 0 Å². The van der Waals surface area contributed by atoms with Crippen LogP contribution in [0.3, 0.4) is 0 Å². The maximum absolute atomic E-state index is 12.7. The highest BCUT2D eigenvalue weighted by molar-refractivity contribution is 6.34. The Hall–Kier alpha value is -3.48. The number of para-hydroxylation sites is 2. The maximum atomic E-state index is 12.7. The summed E-state index contributed by atoms with van der Waals surface area (Å²) in [6, 6.07) is 7.27. The number of hydrogen-bond donors (Lipinski definition) is 2. The number of amides is 1. The third-order valence-corrected chi connectivity index (χ3v) is 4.55. The largest absolute Gasteiger partial charge is 0.492 e. The van der Waals surface area contributed by atoms with Crippen LogP contribution in [-0.4, -0.2) is 36.4 Å². The Balaban J connectivity index is 1.74. The van der Waals surface area contributed by atoms with Crippen LogP contribution in [-0.2, 0) is 9.59 Å². The smallest absolute Gasteiger partial charge is 0.238 e. The van der Waals surface area contributed by atoms with Crippen molar-refractivity contribution in [2.45, 2.75) is 6.92 Å². The lowest BCUT2D eigenvalue weighted by molar-refractivity contribution is -0.121. The van der Waals surface area contributed by atoms with Crippen LogP contribution in [0.2, 0.25) is 0 Å². The molecule has 7 heteroatoms. The van der Waals surface area contributed by atoms with E-state index in [1.165, 1.54) is 0 Å². The number of ether oxygens (including phenoxy) is 1. The van der Waals surface area contributed by atoms with E-state index in [2.05, 4.69) is 10.3 Å². The highest BCUT2D eigenvalue weighted by atomic mass is 16.5. The predicted molar refractivity (Wildman–Crippen MR) is 102 cm³/mol. The summed E-state index contributed by atoms with van der Waals surface area (Å²) in [5, 5.41) is 11.2. The number of carbonyl (C=O) groups is 2. The van der Waals surface area contributed by atoms with E-state index in [0.717, 1.165) is 0 Å². The summed E-state index contributed by atoms with van der Waals surface area (Å²) in [5.41, 5.74) is 1.32. The molecule has 0 radical (unpaired) electrons. The molecule has 1 fully saturated rings. The Labute approximate surface area is 156 Å². The Morgan fingerprint density at radius 1 is 1.30 bits per heavy atom. The summed E-state index contributed by atoms with van der Waals surface area (Å²) in [4.78, 5) is 31.0. The van der Waals surface area contributed by atoms with E-state index in [9.17, 15) is 9.59 Å². The second kappa shape index (κ2) is 6.68. The molecule has 136 valence electrons. The number of Topliss-reactive ketones (excluding diaryl/α,β-unsaturated/α-hetero) is 1. The van der Waals surface area contributed by atoms with E-state index < -0.39 is 5.92 Å². The van der Waals surface area contributed by atoms with Crippen molar-refractivity contribution < 1.29 is 14.3 Å². The van der Waals surface area contributed by atoms with Crippen molar-refractivity contribution in [1.29, 1.82) is 5.41 Å². The molecule has 2 heterocycles. The third kappa shape index (κ3) is 2.87. The molecular weight excluding hydrogens is 344 g/mol. The molecule has 1 aromatic carbocycles. The minimum atomic E-state index is -0.458. The van der Waals surface area contributed by atoms with Gasteiger partial charge in [0.1, 0.15) is 23.0 Å². The summed E-state index contributed by atoms with van der Waals surface area (Å²) in [5.74, 6) is -0.238. The fourth-order valence-electron chi connectivity index (χ4n) is 3.31. The number of anilines is 1. The number of allylic oxidation sites excluding steroid dienone is 3. The zero-order valence-electron chi connectivity index (χ0n) is 14.7. The topological polar surface area (TPSA) is 94.8 Å². The summed E-state index contributed by atoms with van der Waals surface area (Å²) in [7, 11) is 0.